The van der Waals surface area contributed by atoms with Crippen molar-refractivity contribution in [2.24, 2.45) is 5.92 Å². The van der Waals surface area contributed by atoms with Crippen LogP contribution in [-0.2, 0) is 16.6 Å². The number of hydrogen-bond acceptors (Lipinski definition) is 5. The second kappa shape index (κ2) is 6.50. The van der Waals surface area contributed by atoms with Crippen LogP contribution in [0.4, 0.5) is 0 Å². The fraction of sp³-hybridized carbons (Fsp3) is 0.526. The molecule has 6 nitrogen and oxygen atoms in total. The molecule has 6 heteroatoms. The molecule has 1 saturated heterocycles. The summed E-state index contributed by atoms with van der Waals surface area (Å²) in [6, 6.07) is 9.45. The van der Waals surface area contributed by atoms with Gasteiger partial charge in [-0.15, -0.1) is 0 Å². The molecular formula is C19H23N3O3. The Bertz CT molecular complexity index is 745. The first-order chi connectivity index (χ1) is 12.2. The number of fused-ring (bicyclic) bond motifs is 1. The van der Waals surface area contributed by atoms with E-state index >= 15 is 0 Å². The molecule has 0 radical (unpaired) electrons. The molecule has 1 amide bonds. The lowest BCUT2D eigenvalue weighted by molar-refractivity contribution is -0.132. The molecule has 1 aromatic carbocycles. The first kappa shape index (κ1) is 16.1. The maximum Gasteiger partial charge on any atom is 0.260 e. The van der Waals surface area contributed by atoms with Crippen LogP contribution in [0.1, 0.15) is 37.9 Å². The van der Waals surface area contributed by atoms with E-state index in [-0.39, 0.29) is 17.9 Å². The van der Waals surface area contributed by atoms with Gasteiger partial charge in [0, 0.05) is 19.5 Å². The van der Waals surface area contributed by atoms with Crippen LogP contribution in [-0.4, -0.2) is 40.6 Å². The summed E-state index contributed by atoms with van der Waals surface area (Å²) in [4.78, 5) is 19.1. The van der Waals surface area contributed by atoms with Crippen LogP contribution in [0.15, 0.2) is 34.9 Å². The lowest BCUT2D eigenvalue weighted by Gasteiger charge is -2.24. The van der Waals surface area contributed by atoms with E-state index < -0.39 is 0 Å². The molecule has 0 spiro atoms. The van der Waals surface area contributed by atoms with Crippen molar-refractivity contribution in [3.8, 4) is 5.75 Å². The summed E-state index contributed by atoms with van der Waals surface area (Å²) in [5, 5.41) is 4.23. The average molecular weight is 341 g/mol. The summed E-state index contributed by atoms with van der Waals surface area (Å²) in [7, 11) is 0. The molecular weight excluding hydrogens is 318 g/mol. The van der Waals surface area contributed by atoms with Crippen molar-refractivity contribution in [2.75, 3.05) is 19.7 Å². The first-order valence-corrected chi connectivity index (χ1v) is 9.00. The van der Waals surface area contributed by atoms with Crippen molar-refractivity contribution in [3.63, 3.8) is 0 Å². The van der Waals surface area contributed by atoms with Crippen molar-refractivity contribution in [1.29, 1.82) is 0 Å². The molecule has 2 heterocycles. The van der Waals surface area contributed by atoms with Crippen LogP contribution in [0.3, 0.4) is 0 Å². The molecule has 4 rings (SSSR count). The quantitative estimate of drug-likeness (QED) is 0.836. The van der Waals surface area contributed by atoms with E-state index in [0.717, 1.165) is 43.8 Å². The van der Waals surface area contributed by atoms with Gasteiger partial charge in [-0.2, -0.15) is 4.98 Å². The van der Waals surface area contributed by atoms with Gasteiger partial charge in [0.1, 0.15) is 5.75 Å². The summed E-state index contributed by atoms with van der Waals surface area (Å²) < 4.78 is 11.0. The zero-order chi connectivity index (χ0) is 17.3. The summed E-state index contributed by atoms with van der Waals surface area (Å²) in [6.07, 6.45) is 4.02. The average Bonchev–Trinajstić information content (AvgIpc) is 3.33. The lowest BCUT2D eigenvalue weighted by Crippen LogP contribution is -2.37. The van der Waals surface area contributed by atoms with Crippen molar-refractivity contribution in [2.45, 2.75) is 38.0 Å². The molecule has 132 valence electrons. The minimum atomic E-state index is -0.140. The molecule has 1 aromatic heterocycles. The lowest BCUT2D eigenvalue weighted by atomic mass is 9.80. The number of carbonyl (C=O) groups excluding carboxylic acids is 1. The third-order valence-electron chi connectivity index (χ3n) is 5.54. The maximum absolute atomic E-state index is 12.6. The van der Waals surface area contributed by atoms with E-state index in [4.69, 9.17) is 9.26 Å². The Balaban J connectivity index is 1.46. The molecule has 0 bridgehead atoms. The summed E-state index contributed by atoms with van der Waals surface area (Å²) >= 11 is 0. The zero-order valence-corrected chi connectivity index (χ0v) is 14.5. The largest absolute Gasteiger partial charge is 0.484 e. The van der Waals surface area contributed by atoms with Gasteiger partial charge in [0.2, 0.25) is 5.89 Å². The normalized spacial score (nSPS) is 25.2. The third-order valence-corrected chi connectivity index (χ3v) is 5.54. The monoisotopic (exact) mass is 341 g/mol. The van der Waals surface area contributed by atoms with E-state index in [1.807, 2.05) is 42.2 Å². The number of para-hydroxylation sites is 1. The number of rotatable bonds is 5. The molecule has 0 N–H and O–H groups in total. The molecule has 2 fully saturated rings. The highest BCUT2D eigenvalue weighted by atomic mass is 16.5. The number of hydrogen-bond donors (Lipinski definition) is 0. The van der Waals surface area contributed by atoms with Gasteiger partial charge in [0.05, 0.1) is 5.41 Å². The van der Waals surface area contributed by atoms with Crippen molar-refractivity contribution in [1.82, 2.24) is 15.0 Å². The Morgan fingerprint density at radius 3 is 3.00 bits per heavy atom. The van der Waals surface area contributed by atoms with E-state index in [1.165, 1.54) is 0 Å². The first-order valence-electron chi connectivity index (χ1n) is 9.00. The van der Waals surface area contributed by atoms with Gasteiger partial charge in [0.15, 0.2) is 12.4 Å². The Morgan fingerprint density at radius 2 is 2.24 bits per heavy atom. The second-order valence-electron chi connectivity index (χ2n) is 6.99. The molecule has 1 saturated carbocycles. The van der Waals surface area contributed by atoms with Gasteiger partial charge in [-0.05, 0) is 30.9 Å². The SMILES string of the molecule is CCc1nc([C@@]23CCC[C@@H]2CN(C(=O)COc2ccccc2)C3)no1. The molecule has 1 aliphatic carbocycles. The number of ether oxygens (including phenoxy) is 1. The van der Waals surface area contributed by atoms with Crippen LogP contribution in [0.2, 0.25) is 0 Å². The van der Waals surface area contributed by atoms with Gasteiger partial charge >= 0.3 is 0 Å². The molecule has 0 unspecified atom stereocenters. The van der Waals surface area contributed by atoms with E-state index in [1.54, 1.807) is 0 Å². The van der Waals surface area contributed by atoms with Crippen LogP contribution >= 0.6 is 0 Å². The van der Waals surface area contributed by atoms with E-state index in [2.05, 4.69) is 10.1 Å². The standard InChI is InChI=1S/C19H23N3O3/c1-2-16-20-18(21-25-16)19-10-6-7-14(19)11-22(13-19)17(23)12-24-15-8-4-3-5-9-15/h3-5,8-9,14H,2,6-7,10-13H2,1H3/t14-,19-/m1/s1. The van der Waals surface area contributed by atoms with Gasteiger partial charge in [-0.25, -0.2) is 0 Å². The summed E-state index contributed by atoms with van der Waals surface area (Å²) in [5.74, 6) is 2.61. The Kier molecular flexibility index (Phi) is 4.19. The molecule has 2 aromatic rings. The molecule has 2 atom stereocenters. The number of amides is 1. The molecule has 25 heavy (non-hydrogen) atoms. The summed E-state index contributed by atoms with van der Waals surface area (Å²) in [6.45, 7) is 3.50. The minimum Gasteiger partial charge on any atom is -0.484 e. The number of nitrogens with zero attached hydrogens (tertiary/aromatic N) is 3. The van der Waals surface area contributed by atoms with Gasteiger partial charge in [0.25, 0.3) is 5.91 Å². The Morgan fingerprint density at radius 1 is 1.40 bits per heavy atom. The highest BCUT2D eigenvalue weighted by molar-refractivity contribution is 5.78. The number of aryl methyl sites for hydroxylation is 1. The Labute approximate surface area is 147 Å². The summed E-state index contributed by atoms with van der Waals surface area (Å²) in [5.41, 5.74) is -0.140. The molecule has 2 aliphatic rings. The minimum absolute atomic E-state index is 0.0248. The van der Waals surface area contributed by atoms with Gasteiger partial charge < -0.3 is 14.2 Å². The number of aromatic nitrogens is 2. The number of likely N-dealkylation sites (tertiary alicyclic amines) is 1. The predicted molar refractivity (Wildman–Crippen MR) is 91.2 cm³/mol. The van der Waals surface area contributed by atoms with Crippen LogP contribution in [0.25, 0.3) is 0 Å². The number of carbonyl (C=O) groups is 1. The highest BCUT2D eigenvalue weighted by Gasteiger charge is 2.54. The van der Waals surface area contributed by atoms with Gasteiger partial charge in [-0.3, -0.25) is 4.79 Å². The molecule has 1 aliphatic heterocycles. The van der Waals surface area contributed by atoms with E-state index in [0.29, 0.717) is 18.4 Å². The third kappa shape index (κ3) is 2.90. The van der Waals surface area contributed by atoms with Crippen LogP contribution in [0.5, 0.6) is 5.75 Å². The topological polar surface area (TPSA) is 68.5 Å². The van der Waals surface area contributed by atoms with Crippen molar-refractivity contribution < 1.29 is 14.1 Å². The zero-order valence-electron chi connectivity index (χ0n) is 14.5. The fourth-order valence-corrected chi connectivity index (χ4v) is 4.20. The van der Waals surface area contributed by atoms with Gasteiger partial charge in [-0.1, -0.05) is 36.7 Å². The van der Waals surface area contributed by atoms with Crippen molar-refractivity contribution >= 4 is 5.91 Å². The maximum atomic E-state index is 12.6. The number of benzene rings is 1. The second-order valence-corrected chi connectivity index (χ2v) is 6.99. The van der Waals surface area contributed by atoms with Crippen molar-refractivity contribution in [3.05, 3.63) is 42.0 Å². The Hall–Kier alpha value is -2.37. The van der Waals surface area contributed by atoms with Crippen LogP contribution < -0.4 is 4.74 Å². The predicted octanol–water partition coefficient (Wildman–Crippen LogP) is 2.59. The fourth-order valence-electron chi connectivity index (χ4n) is 4.20. The van der Waals surface area contributed by atoms with Crippen LogP contribution in [0, 0.1) is 5.92 Å². The smallest absolute Gasteiger partial charge is 0.260 e. The van der Waals surface area contributed by atoms with E-state index in [9.17, 15) is 4.79 Å². The highest BCUT2D eigenvalue weighted by Crippen LogP contribution is 2.49.